The highest BCUT2D eigenvalue weighted by Gasteiger charge is 2.27. The van der Waals surface area contributed by atoms with Gasteiger partial charge in [0.15, 0.2) is 0 Å². The van der Waals surface area contributed by atoms with E-state index in [2.05, 4.69) is 21.6 Å². The molecule has 8 heteroatoms. The van der Waals surface area contributed by atoms with Crippen LogP contribution >= 0.6 is 0 Å². The molecule has 7 nitrogen and oxygen atoms in total. The number of benzene rings is 2. The molecule has 0 saturated heterocycles. The van der Waals surface area contributed by atoms with Gasteiger partial charge in [0.2, 0.25) is 5.91 Å². The number of hydrogen-bond acceptors (Lipinski definition) is 5. The van der Waals surface area contributed by atoms with Gasteiger partial charge in [0, 0.05) is 11.9 Å². The smallest absolute Gasteiger partial charge is 0.270 e. The van der Waals surface area contributed by atoms with Crippen molar-refractivity contribution in [3.63, 3.8) is 0 Å². The van der Waals surface area contributed by atoms with Crippen molar-refractivity contribution in [2.45, 2.75) is 25.4 Å². The average Bonchev–Trinajstić information content (AvgIpc) is 3.10. The molecule has 0 radical (unpaired) electrons. The van der Waals surface area contributed by atoms with Crippen LogP contribution < -0.4 is 21.6 Å². The van der Waals surface area contributed by atoms with Gasteiger partial charge in [0.25, 0.3) is 5.91 Å². The number of halogens is 1. The maximum absolute atomic E-state index is 13.0. The van der Waals surface area contributed by atoms with Crippen LogP contribution in [0.15, 0.2) is 60.4 Å². The summed E-state index contributed by atoms with van der Waals surface area (Å²) in [5.74, 6) is -0.899. The maximum atomic E-state index is 13.0. The number of amides is 2. The summed E-state index contributed by atoms with van der Waals surface area (Å²) in [4.78, 5) is 25.0. The van der Waals surface area contributed by atoms with Crippen molar-refractivity contribution in [3.8, 4) is 0 Å². The SMILES string of the molecule is O=C(N[C@H]1CCc2ccccc2NC1=O)C1=CN(Cc2ccc(F)cc2)NN1. The predicted octanol–water partition coefficient (Wildman–Crippen LogP) is 1.56. The monoisotopic (exact) mass is 381 g/mol. The zero-order chi connectivity index (χ0) is 19.5. The summed E-state index contributed by atoms with van der Waals surface area (Å²) in [6.45, 7) is 0.448. The zero-order valence-electron chi connectivity index (χ0n) is 15.0. The second-order valence-corrected chi connectivity index (χ2v) is 6.75. The Morgan fingerprint density at radius 3 is 2.79 bits per heavy atom. The molecule has 144 valence electrons. The molecule has 0 saturated carbocycles. The molecule has 4 N–H and O–H groups in total. The largest absolute Gasteiger partial charge is 0.339 e. The predicted molar refractivity (Wildman–Crippen MR) is 102 cm³/mol. The number of para-hydroxylation sites is 1. The van der Waals surface area contributed by atoms with Crippen LogP contribution in [-0.4, -0.2) is 22.9 Å². The number of anilines is 1. The number of nitrogens with one attached hydrogen (secondary N) is 4. The highest BCUT2D eigenvalue weighted by atomic mass is 19.1. The van der Waals surface area contributed by atoms with Crippen LogP contribution in [0.4, 0.5) is 10.1 Å². The van der Waals surface area contributed by atoms with Crippen molar-refractivity contribution in [2.24, 2.45) is 0 Å². The molecule has 1 atom stereocenters. The van der Waals surface area contributed by atoms with Gasteiger partial charge in [-0.05, 0) is 42.2 Å². The summed E-state index contributed by atoms with van der Waals surface area (Å²) < 4.78 is 13.0. The Morgan fingerprint density at radius 1 is 1.18 bits per heavy atom. The van der Waals surface area contributed by atoms with Crippen molar-refractivity contribution in [2.75, 3.05) is 5.32 Å². The Morgan fingerprint density at radius 2 is 1.96 bits per heavy atom. The normalized spacial score (nSPS) is 18.5. The number of fused-ring (bicyclic) bond motifs is 1. The Hall–Kier alpha value is -3.39. The molecule has 0 fully saturated rings. The van der Waals surface area contributed by atoms with Gasteiger partial charge in [-0.15, -0.1) is 5.53 Å². The Balaban J connectivity index is 1.37. The van der Waals surface area contributed by atoms with E-state index in [4.69, 9.17) is 0 Å². The summed E-state index contributed by atoms with van der Waals surface area (Å²) in [5.41, 5.74) is 8.68. The van der Waals surface area contributed by atoms with Crippen LogP contribution in [0.1, 0.15) is 17.5 Å². The third-order valence-electron chi connectivity index (χ3n) is 4.73. The van der Waals surface area contributed by atoms with Crippen molar-refractivity contribution in [1.29, 1.82) is 0 Å². The molecule has 0 unspecified atom stereocenters. The molecule has 2 heterocycles. The minimum Gasteiger partial charge on any atom is -0.339 e. The quantitative estimate of drug-likeness (QED) is 0.646. The van der Waals surface area contributed by atoms with Crippen LogP contribution in [0.5, 0.6) is 0 Å². The molecule has 2 aliphatic heterocycles. The van der Waals surface area contributed by atoms with Crippen molar-refractivity contribution in [1.82, 2.24) is 21.3 Å². The maximum Gasteiger partial charge on any atom is 0.270 e. The first-order valence-electron chi connectivity index (χ1n) is 9.03. The van der Waals surface area contributed by atoms with E-state index in [0.717, 1.165) is 16.8 Å². The number of rotatable bonds is 4. The van der Waals surface area contributed by atoms with Gasteiger partial charge in [-0.2, -0.15) is 0 Å². The van der Waals surface area contributed by atoms with E-state index in [1.54, 1.807) is 23.3 Å². The Bertz CT molecular complexity index is 928. The van der Waals surface area contributed by atoms with Crippen molar-refractivity contribution in [3.05, 3.63) is 77.4 Å². The molecule has 0 spiro atoms. The summed E-state index contributed by atoms with van der Waals surface area (Å²) in [6.07, 6.45) is 2.83. The lowest BCUT2D eigenvalue weighted by Crippen LogP contribution is -2.46. The number of carbonyl (C=O) groups is 2. The first-order chi connectivity index (χ1) is 13.6. The lowest BCUT2D eigenvalue weighted by atomic mass is 10.1. The summed E-state index contributed by atoms with van der Waals surface area (Å²) >= 11 is 0. The van der Waals surface area contributed by atoms with Gasteiger partial charge in [0.1, 0.15) is 17.6 Å². The lowest BCUT2D eigenvalue weighted by Gasteiger charge is -2.15. The van der Waals surface area contributed by atoms with Crippen molar-refractivity contribution < 1.29 is 14.0 Å². The third kappa shape index (κ3) is 3.96. The van der Waals surface area contributed by atoms with Crippen LogP contribution in [0, 0.1) is 5.82 Å². The Kier molecular flexibility index (Phi) is 4.94. The van der Waals surface area contributed by atoms with E-state index < -0.39 is 6.04 Å². The highest BCUT2D eigenvalue weighted by molar-refractivity contribution is 6.01. The highest BCUT2D eigenvalue weighted by Crippen LogP contribution is 2.21. The summed E-state index contributed by atoms with van der Waals surface area (Å²) in [7, 11) is 0. The third-order valence-corrected chi connectivity index (χ3v) is 4.73. The molecule has 2 amide bonds. The van der Waals surface area contributed by atoms with Gasteiger partial charge in [-0.25, -0.2) is 4.39 Å². The molecule has 2 aromatic rings. The van der Waals surface area contributed by atoms with Crippen LogP contribution in [0.25, 0.3) is 0 Å². The first kappa shape index (κ1) is 18.0. The molecule has 4 rings (SSSR count). The molecule has 2 aromatic carbocycles. The fraction of sp³-hybridized carbons (Fsp3) is 0.200. The van der Waals surface area contributed by atoms with Crippen LogP contribution in [0.3, 0.4) is 0 Å². The van der Waals surface area contributed by atoms with Crippen LogP contribution in [0.2, 0.25) is 0 Å². The molecule has 2 aliphatic rings. The number of hydrazine groups is 2. The summed E-state index contributed by atoms with van der Waals surface area (Å²) in [5, 5.41) is 7.32. The second-order valence-electron chi connectivity index (χ2n) is 6.75. The lowest BCUT2D eigenvalue weighted by molar-refractivity contribution is -0.124. The van der Waals surface area contributed by atoms with Gasteiger partial charge in [0.05, 0.1) is 6.54 Å². The topological polar surface area (TPSA) is 85.5 Å². The van der Waals surface area contributed by atoms with E-state index in [-0.39, 0.29) is 17.6 Å². The number of nitrogens with zero attached hydrogens (tertiary/aromatic N) is 1. The van der Waals surface area contributed by atoms with Gasteiger partial charge < -0.3 is 10.6 Å². The first-order valence-corrected chi connectivity index (χ1v) is 9.03. The van der Waals surface area contributed by atoms with E-state index in [9.17, 15) is 14.0 Å². The van der Waals surface area contributed by atoms with Gasteiger partial charge in [-0.3, -0.25) is 20.0 Å². The number of hydrogen-bond donors (Lipinski definition) is 4. The van der Waals surface area contributed by atoms with Crippen LogP contribution in [-0.2, 0) is 22.6 Å². The Labute approximate surface area is 161 Å². The van der Waals surface area contributed by atoms with E-state index in [1.165, 1.54) is 12.1 Å². The molecular formula is C20H20FN5O2. The number of carbonyl (C=O) groups excluding carboxylic acids is 2. The fourth-order valence-electron chi connectivity index (χ4n) is 3.22. The standard InChI is InChI=1S/C20H20FN5O2/c21-15-8-5-13(6-9-15)11-26-12-18(24-25-26)20(28)23-17-10-7-14-3-1-2-4-16(14)22-19(17)27/h1-6,8-9,12,17,24-25H,7,10-11H2,(H,22,27)(H,23,28)/t17-/m0/s1. The molecule has 0 bridgehead atoms. The molecule has 0 aliphatic carbocycles. The van der Waals surface area contributed by atoms with E-state index >= 15 is 0 Å². The van der Waals surface area contributed by atoms with Crippen molar-refractivity contribution >= 4 is 17.5 Å². The van der Waals surface area contributed by atoms with Gasteiger partial charge >= 0.3 is 0 Å². The minimum absolute atomic E-state index is 0.229. The van der Waals surface area contributed by atoms with Gasteiger partial charge in [-0.1, -0.05) is 30.3 Å². The number of aryl methyl sites for hydroxylation is 1. The fourth-order valence-corrected chi connectivity index (χ4v) is 3.22. The second kappa shape index (κ2) is 7.69. The van der Waals surface area contributed by atoms with E-state index in [0.29, 0.717) is 25.1 Å². The molecular weight excluding hydrogens is 361 g/mol. The zero-order valence-corrected chi connectivity index (χ0v) is 15.0. The average molecular weight is 381 g/mol. The summed E-state index contributed by atoms with van der Waals surface area (Å²) in [6, 6.07) is 13.1. The molecule has 0 aromatic heterocycles. The minimum atomic E-state index is -0.617. The van der Waals surface area contributed by atoms with E-state index in [1.807, 2.05) is 24.3 Å². The molecule has 28 heavy (non-hydrogen) atoms.